The Morgan fingerprint density at radius 2 is 2.12 bits per heavy atom. The molecule has 1 heterocycles. The van der Waals surface area contributed by atoms with Crippen LogP contribution in [0, 0.1) is 5.92 Å². The molecule has 2 rings (SSSR count). The van der Waals surface area contributed by atoms with Crippen LogP contribution in [0.25, 0.3) is 0 Å². The van der Waals surface area contributed by atoms with Gasteiger partial charge in [-0.1, -0.05) is 19.3 Å². The lowest BCUT2D eigenvalue weighted by Crippen LogP contribution is -2.26. The van der Waals surface area contributed by atoms with Crippen molar-refractivity contribution in [3.63, 3.8) is 0 Å². The van der Waals surface area contributed by atoms with Gasteiger partial charge in [0, 0.05) is 32.0 Å². The first kappa shape index (κ1) is 12.4. The number of hydrogen-bond donors (Lipinski definition) is 1. The van der Waals surface area contributed by atoms with Gasteiger partial charge < -0.3 is 10.6 Å². The minimum atomic E-state index is 0.519. The molecular formula is C14H23N3. The number of hydrogen-bond acceptors (Lipinski definition) is 3. The Hall–Kier alpha value is -1.09. The SMILES string of the molecule is CN(CC1CCCCC1)c1ccnc(CN)c1. The normalized spacial score (nSPS) is 17.1. The zero-order valence-electron chi connectivity index (χ0n) is 10.7. The molecule has 0 amide bonds. The molecule has 0 bridgehead atoms. The molecule has 2 N–H and O–H groups in total. The van der Waals surface area contributed by atoms with Crippen LogP contribution in [-0.2, 0) is 6.54 Å². The van der Waals surface area contributed by atoms with Crippen molar-refractivity contribution in [1.29, 1.82) is 0 Å². The third kappa shape index (κ3) is 3.43. The minimum absolute atomic E-state index is 0.519. The van der Waals surface area contributed by atoms with Crippen molar-refractivity contribution in [3.05, 3.63) is 24.0 Å². The highest BCUT2D eigenvalue weighted by atomic mass is 15.1. The van der Waals surface area contributed by atoms with E-state index in [2.05, 4.69) is 29.1 Å². The molecule has 0 aliphatic heterocycles. The Labute approximate surface area is 104 Å². The fraction of sp³-hybridized carbons (Fsp3) is 0.643. The van der Waals surface area contributed by atoms with Gasteiger partial charge in [0.15, 0.2) is 0 Å². The summed E-state index contributed by atoms with van der Waals surface area (Å²) in [5.41, 5.74) is 7.83. The Morgan fingerprint density at radius 3 is 2.82 bits per heavy atom. The van der Waals surface area contributed by atoms with Crippen LogP contribution in [-0.4, -0.2) is 18.6 Å². The van der Waals surface area contributed by atoms with Crippen molar-refractivity contribution >= 4 is 5.69 Å². The van der Waals surface area contributed by atoms with E-state index in [0.29, 0.717) is 6.54 Å². The average Bonchev–Trinajstić information content (AvgIpc) is 2.40. The summed E-state index contributed by atoms with van der Waals surface area (Å²) >= 11 is 0. The van der Waals surface area contributed by atoms with Crippen LogP contribution >= 0.6 is 0 Å². The summed E-state index contributed by atoms with van der Waals surface area (Å²) < 4.78 is 0. The van der Waals surface area contributed by atoms with Crippen molar-refractivity contribution in [2.24, 2.45) is 11.7 Å². The van der Waals surface area contributed by atoms with E-state index in [4.69, 9.17) is 5.73 Å². The summed E-state index contributed by atoms with van der Waals surface area (Å²) in [5.74, 6) is 0.864. The third-order valence-corrected chi connectivity index (χ3v) is 3.71. The summed E-state index contributed by atoms with van der Waals surface area (Å²) in [5, 5.41) is 0. The van der Waals surface area contributed by atoms with Crippen LogP contribution in [0.15, 0.2) is 18.3 Å². The molecule has 3 heteroatoms. The predicted molar refractivity (Wildman–Crippen MR) is 72.0 cm³/mol. The second-order valence-electron chi connectivity index (χ2n) is 5.09. The molecule has 1 aromatic heterocycles. The van der Waals surface area contributed by atoms with Crippen LogP contribution in [0.5, 0.6) is 0 Å². The van der Waals surface area contributed by atoms with E-state index < -0.39 is 0 Å². The van der Waals surface area contributed by atoms with Gasteiger partial charge in [0.25, 0.3) is 0 Å². The zero-order valence-corrected chi connectivity index (χ0v) is 10.7. The maximum Gasteiger partial charge on any atom is 0.0560 e. The number of pyridine rings is 1. The van der Waals surface area contributed by atoms with Gasteiger partial charge in [-0.2, -0.15) is 0 Å². The smallest absolute Gasteiger partial charge is 0.0560 e. The van der Waals surface area contributed by atoms with Gasteiger partial charge in [-0.25, -0.2) is 0 Å². The molecular weight excluding hydrogens is 210 g/mol. The molecule has 94 valence electrons. The van der Waals surface area contributed by atoms with Crippen LogP contribution in [0.2, 0.25) is 0 Å². The monoisotopic (exact) mass is 233 g/mol. The quantitative estimate of drug-likeness (QED) is 0.869. The van der Waals surface area contributed by atoms with Crippen LogP contribution < -0.4 is 10.6 Å². The van der Waals surface area contributed by atoms with Crippen LogP contribution in [0.4, 0.5) is 5.69 Å². The van der Waals surface area contributed by atoms with Gasteiger partial charge in [0.05, 0.1) is 5.69 Å². The van der Waals surface area contributed by atoms with Gasteiger partial charge >= 0.3 is 0 Å². The van der Waals surface area contributed by atoms with Gasteiger partial charge in [0.1, 0.15) is 0 Å². The number of anilines is 1. The molecule has 0 aromatic carbocycles. The average molecular weight is 233 g/mol. The van der Waals surface area contributed by atoms with Crippen molar-refractivity contribution in [2.45, 2.75) is 38.6 Å². The second-order valence-corrected chi connectivity index (χ2v) is 5.09. The minimum Gasteiger partial charge on any atom is -0.374 e. The standard InChI is InChI=1S/C14H23N3/c1-17(11-12-5-3-2-4-6-12)14-7-8-16-13(9-14)10-15/h7-9,12H,2-6,10-11,15H2,1H3. The first-order valence-electron chi connectivity index (χ1n) is 6.65. The van der Waals surface area contributed by atoms with Gasteiger partial charge in [-0.05, 0) is 30.9 Å². The maximum absolute atomic E-state index is 5.62. The molecule has 17 heavy (non-hydrogen) atoms. The van der Waals surface area contributed by atoms with E-state index in [1.165, 1.54) is 37.8 Å². The molecule has 1 fully saturated rings. The Morgan fingerprint density at radius 1 is 1.35 bits per heavy atom. The number of rotatable bonds is 4. The van der Waals surface area contributed by atoms with Crippen LogP contribution in [0.3, 0.4) is 0 Å². The number of aromatic nitrogens is 1. The topological polar surface area (TPSA) is 42.2 Å². The number of nitrogens with zero attached hydrogens (tertiary/aromatic N) is 2. The summed E-state index contributed by atoms with van der Waals surface area (Å²) in [6.07, 6.45) is 8.87. The fourth-order valence-electron chi connectivity index (χ4n) is 2.68. The van der Waals surface area contributed by atoms with E-state index in [1.54, 1.807) is 0 Å². The summed E-state index contributed by atoms with van der Waals surface area (Å²) in [4.78, 5) is 6.58. The lowest BCUT2D eigenvalue weighted by molar-refractivity contribution is 0.362. The van der Waals surface area contributed by atoms with Crippen molar-refractivity contribution in [3.8, 4) is 0 Å². The summed E-state index contributed by atoms with van der Waals surface area (Å²) in [7, 11) is 2.17. The lowest BCUT2D eigenvalue weighted by Gasteiger charge is -2.28. The molecule has 0 atom stereocenters. The highest BCUT2D eigenvalue weighted by Crippen LogP contribution is 2.25. The van der Waals surface area contributed by atoms with E-state index in [-0.39, 0.29) is 0 Å². The lowest BCUT2D eigenvalue weighted by atomic mass is 9.89. The molecule has 0 radical (unpaired) electrons. The zero-order chi connectivity index (χ0) is 12.1. The molecule has 1 aromatic rings. The predicted octanol–water partition coefficient (Wildman–Crippen LogP) is 2.56. The highest BCUT2D eigenvalue weighted by Gasteiger charge is 2.15. The van der Waals surface area contributed by atoms with E-state index >= 15 is 0 Å². The molecule has 0 unspecified atom stereocenters. The van der Waals surface area contributed by atoms with Crippen molar-refractivity contribution in [1.82, 2.24) is 4.98 Å². The van der Waals surface area contributed by atoms with Gasteiger partial charge in [0.2, 0.25) is 0 Å². The molecule has 0 saturated heterocycles. The maximum atomic E-state index is 5.62. The van der Waals surface area contributed by atoms with Gasteiger partial charge in [-0.3, -0.25) is 4.98 Å². The highest BCUT2D eigenvalue weighted by molar-refractivity contribution is 5.45. The summed E-state index contributed by atoms with van der Waals surface area (Å²) in [6, 6.07) is 4.17. The van der Waals surface area contributed by atoms with Gasteiger partial charge in [-0.15, -0.1) is 0 Å². The third-order valence-electron chi connectivity index (χ3n) is 3.71. The van der Waals surface area contributed by atoms with Crippen LogP contribution in [0.1, 0.15) is 37.8 Å². The number of nitrogens with two attached hydrogens (primary N) is 1. The fourth-order valence-corrected chi connectivity index (χ4v) is 2.68. The summed E-state index contributed by atoms with van der Waals surface area (Å²) in [6.45, 7) is 1.68. The molecule has 1 saturated carbocycles. The largest absolute Gasteiger partial charge is 0.374 e. The van der Waals surface area contributed by atoms with E-state index in [1.807, 2.05) is 6.20 Å². The molecule has 1 aliphatic carbocycles. The van der Waals surface area contributed by atoms with E-state index in [9.17, 15) is 0 Å². The Bertz CT molecular complexity index is 345. The molecule has 0 spiro atoms. The molecule has 1 aliphatic rings. The second kappa shape index (κ2) is 6.01. The first-order chi connectivity index (χ1) is 8.29. The molecule has 3 nitrogen and oxygen atoms in total. The van der Waals surface area contributed by atoms with E-state index in [0.717, 1.165) is 18.2 Å². The first-order valence-corrected chi connectivity index (χ1v) is 6.65. The van der Waals surface area contributed by atoms with Crippen molar-refractivity contribution in [2.75, 3.05) is 18.5 Å². The Balaban J connectivity index is 1.95. The Kier molecular flexibility index (Phi) is 4.37. The van der Waals surface area contributed by atoms with Crippen molar-refractivity contribution < 1.29 is 0 Å².